The molecule has 0 spiro atoms. The molecule has 3 amide bonds. The van der Waals surface area contributed by atoms with Crippen molar-refractivity contribution in [1.29, 1.82) is 0 Å². The van der Waals surface area contributed by atoms with Crippen LogP contribution >= 0.6 is 0 Å². The third-order valence-corrected chi connectivity index (χ3v) is 5.70. The van der Waals surface area contributed by atoms with Gasteiger partial charge in [0.05, 0.1) is 6.54 Å². The number of nitrogens with zero attached hydrogens (tertiary/aromatic N) is 1. The van der Waals surface area contributed by atoms with E-state index in [0.717, 1.165) is 37.0 Å². The SMILES string of the molecule is C=C(C)C(=O)OCCNC(=O)N(CC12CCC(CC1)C2)C(=O)OCCOC(=O)C(=C)C. The maximum atomic E-state index is 12.7. The molecule has 0 aliphatic heterocycles. The van der Waals surface area contributed by atoms with Gasteiger partial charge in [-0.3, -0.25) is 0 Å². The van der Waals surface area contributed by atoms with E-state index in [1.807, 2.05) is 0 Å². The Morgan fingerprint density at radius 1 is 0.935 bits per heavy atom. The maximum absolute atomic E-state index is 12.7. The van der Waals surface area contributed by atoms with Crippen LogP contribution in [0.3, 0.4) is 0 Å². The van der Waals surface area contributed by atoms with Gasteiger partial charge >= 0.3 is 24.1 Å². The first-order valence-corrected chi connectivity index (χ1v) is 10.5. The highest BCUT2D eigenvalue weighted by Crippen LogP contribution is 2.54. The van der Waals surface area contributed by atoms with E-state index in [0.29, 0.717) is 5.92 Å². The number of carbonyl (C=O) groups is 4. The lowest BCUT2D eigenvalue weighted by atomic mass is 9.84. The van der Waals surface area contributed by atoms with Crippen molar-refractivity contribution in [1.82, 2.24) is 10.2 Å². The maximum Gasteiger partial charge on any atom is 0.418 e. The lowest BCUT2D eigenvalue weighted by Gasteiger charge is -2.32. The van der Waals surface area contributed by atoms with Gasteiger partial charge in [0.15, 0.2) is 0 Å². The van der Waals surface area contributed by atoms with Crippen molar-refractivity contribution in [3.63, 3.8) is 0 Å². The zero-order chi connectivity index (χ0) is 23.0. The second kappa shape index (κ2) is 11.0. The minimum Gasteiger partial charge on any atom is -0.460 e. The van der Waals surface area contributed by atoms with Gasteiger partial charge in [0, 0.05) is 17.7 Å². The molecule has 0 aromatic rings. The lowest BCUT2D eigenvalue weighted by molar-refractivity contribution is -0.140. The first-order valence-electron chi connectivity index (χ1n) is 10.5. The molecule has 2 aliphatic carbocycles. The summed E-state index contributed by atoms with van der Waals surface area (Å²) in [6, 6.07) is -0.611. The molecule has 1 N–H and O–H groups in total. The van der Waals surface area contributed by atoms with Gasteiger partial charge < -0.3 is 19.5 Å². The minimum atomic E-state index is -0.799. The Hall–Kier alpha value is -2.84. The van der Waals surface area contributed by atoms with Gasteiger partial charge in [-0.05, 0) is 57.3 Å². The molecule has 0 unspecified atom stereocenters. The Balaban J connectivity index is 1.89. The van der Waals surface area contributed by atoms with Crippen molar-refractivity contribution >= 4 is 24.1 Å². The molecule has 0 atom stereocenters. The fraction of sp³-hybridized carbons (Fsp3) is 0.636. The molecule has 172 valence electrons. The van der Waals surface area contributed by atoms with Crippen molar-refractivity contribution in [2.75, 3.05) is 32.9 Å². The number of imide groups is 1. The molecule has 2 saturated carbocycles. The minimum absolute atomic E-state index is 0.0373. The van der Waals surface area contributed by atoms with Crippen LogP contribution in [0.4, 0.5) is 9.59 Å². The number of fused-ring (bicyclic) bond motifs is 2. The summed E-state index contributed by atoms with van der Waals surface area (Å²) in [5, 5.41) is 2.59. The molecule has 0 saturated heterocycles. The first-order chi connectivity index (χ1) is 14.6. The summed E-state index contributed by atoms with van der Waals surface area (Å²) in [5.41, 5.74) is 0.440. The molecule has 2 rings (SSSR count). The van der Waals surface area contributed by atoms with Crippen LogP contribution in [0.25, 0.3) is 0 Å². The summed E-state index contributed by atoms with van der Waals surface area (Å²) in [7, 11) is 0. The molecule has 0 aromatic carbocycles. The molecule has 2 aliphatic rings. The highest BCUT2D eigenvalue weighted by molar-refractivity contribution is 5.91. The van der Waals surface area contributed by atoms with Gasteiger partial charge in [-0.25, -0.2) is 24.1 Å². The van der Waals surface area contributed by atoms with E-state index in [9.17, 15) is 19.2 Å². The van der Waals surface area contributed by atoms with E-state index in [1.165, 1.54) is 13.8 Å². The van der Waals surface area contributed by atoms with E-state index in [4.69, 9.17) is 14.2 Å². The predicted molar refractivity (Wildman–Crippen MR) is 112 cm³/mol. The highest BCUT2D eigenvalue weighted by Gasteiger charge is 2.47. The molecular weight excluding hydrogens is 404 g/mol. The Labute approximate surface area is 182 Å². The Morgan fingerprint density at radius 3 is 2.00 bits per heavy atom. The number of amides is 3. The lowest BCUT2D eigenvalue weighted by Crippen LogP contribution is -2.49. The van der Waals surface area contributed by atoms with Crippen LogP contribution in [0.2, 0.25) is 0 Å². The summed E-state index contributed by atoms with van der Waals surface area (Å²) < 4.78 is 15.0. The fourth-order valence-electron chi connectivity index (χ4n) is 4.07. The van der Waals surface area contributed by atoms with Gasteiger partial charge in [-0.1, -0.05) is 13.2 Å². The number of carbonyl (C=O) groups excluding carboxylic acids is 4. The zero-order valence-electron chi connectivity index (χ0n) is 18.4. The summed E-state index contributed by atoms with van der Waals surface area (Å²) in [4.78, 5) is 49.2. The molecule has 0 heterocycles. The number of ether oxygens (including phenoxy) is 3. The zero-order valence-corrected chi connectivity index (χ0v) is 18.4. The van der Waals surface area contributed by atoms with Crippen LogP contribution in [-0.4, -0.2) is 61.9 Å². The van der Waals surface area contributed by atoms with Crippen LogP contribution < -0.4 is 5.32 Å². The number of esters is 2. The van der Waals surface area contributed by atoms with Gasteiger partial charge in [0.1, 0.15) is 19.8 Å². The van der Waals surface area contributed by atoms with Crippen LogP contribution in [0.15, 0.2) is 24.3 Å². The second-order valence-corrected chi connectivity index (χ2v) is 8.41. The van der Waals surface area contributed by atoms with Gasteiger partial charge in [-0.2, -0.15) is 0 Å². The number of hydrogen-bond donors (Lipinski definition) is 1. The largest absolute Gasteiger partial charge is 0.460 e. The average Bonchev–Trinajstić information content (AvgIpc) is 3.32. The normalized spacial score (nSPS) is 21.2. The van der Waals surface area contributed by atoms with Crippen LogP contribution in [-0.2, 0) is 23.8 Å². The second-order valence-electron chi connectivity index (χ2n) is 8.41. The van der Waals surface area contributed by atoms with Crippen molar-refractivity contribution in [2.45, 2.75) is 46.0 Å². The standard InChI is InChI=1S/C22H32N2O7/c1-15(2)18(25)29-10-9-23-20(27)24(14-22-7-5-17(13-22)6-8-22)21(28)31-12-11-30-19(26)16(3)4/h17H,1,3,5-14H2,2,4H3,(H,23,27). The predicted octanol–water partition coefficient (Wildman–Crippen LogP) is 2.95. The summed E-state index contributed by atoms with van der Waals surface area (Å²) in [6.45, 7) is 9.99. The Kier molecular flexibility index (Phi) is 8.65. The quantitative estimate of drug-likeness (QED) is 0.243. The van der Waals surface area contributed by atoms with E-state index >= 15 is 0 Å². The molecule has 9 heteroatoms. The van der Waals surface area contributed by atoms with E-state index < -0.39 is 24.1 Å². The van der Waals surface area contributed by atoms with Crippen molar-refractivity contribution in [3.05, 3.63) is 24.3 Å². The van der Waals surface area contributed by atoms with Crippen molar-refractivity contribution in [2.24, 2.45) is 11.3 Å². The molecule has 2 fully saturated rings. The van der Waals surface area contributed by atoms with E-state index in [1.54, 1.807) is 0 Å². The fourth-order valence-corrected chi connectivity index (χ4v) is 4.07. The summed E-state index contributed by atoms with van der Waals surface area (Å²) in [5.74, 6) is -0.461. The number of urea groups is 1. The number of hydrogen-bond acceptors (Lipinski definition) is 7. The van der Waals surface area contributed by atoms with E-state index in [2.05, 4.69) is 18.5 Å². The molecule has 9 nitrogen and oxygen atoms in total. The third-order valence-electron chi connectivity index (χ3n) is 5.70. The molecule has 2 bridgehead atoms. The summed E-state index contributed by atoms with van der Waals surface area (Å²) >= 11 is 0. The molecule has 0 aromatic heterocycles. The summed E-state index contributed by atoms with van der Waals surface area (Å²) in [6.07, 6.45) is 4.36. The number of rotatable bonds is 10. The Morgan fingerprint density at radius 2 is 1.48 bits per heavy atom. The monoisotopic (exact) mass is 436 g/mol. The molecule has 31 heavy (non-hydrogen) atoms. The van der Waals surface area contributed by atoms with Gasteiger partial charge in [0.25, 0.3) is 0 Å². The average molecular weight is 437 g/mol. The number of nitrogens with one attached hydrogen (secondary N) is 1. The van der Waals surface area contributed by atoms with Crippen LogP contribution in [0, 0.1) is 11.3 Å². The van der Waals surface area contributed by atoms with E-state index in [-0.39, 0.29) is 49.5 Å². The van der Waals surface area contributed by atoms with Crippen LogP contribution in [0.5, 0.6) is 0 Å². The van der Waals surface area contributed by atoms with Crippen LogP contribution in [0.1, 0.15) is 46.0 Å². The van der Waals surface area contributed by atoms with Crippen molar-refractivity contribution in [3.8, 4) is 0 Å². The van der Waals surface area contributed by atoms with Gasteiger partial charge in [0.2, 0.25) is 0 Å². The van der Waals surface area contributed by atoms with Crippen molar-refractivity contribution < 1.29 is 33.4 Å². The third kappa shape index (κ3) is 7.11. The first kappa shape index (κ1) is 24.4. The Bertz CT molecular complexity index is 692. The topological polar surface area (TPSA) is 111 Å². The smallest absolute Gasteiger partial charge is 0.418 e. The molecular formula is C22H32N2O7. The van der Waals surface area contributed by atoms with Gasteiger partial charge in [-0.15, -0.1) is 0 Å². The molecule has 0 radical (unpaired) electrons. The highest BCUT2D eigenvalue weighted by atomic mass is 16.6.